The summed E-state index contributed by atoms with van der Waals surface area (Å²) in [4.78, 5) is 14.9. The van der Waals surface area contributed by atoms with Gasteiger partial charge in [-0.3, -0.25) is 0 Å². The van der Waals surface area contributed by atoms with E-state index in [1.54, 1.807) is 12.1 Å². The number of hydrogen-bond acceptors (Lipinski definition) is 3. The Morgan fingerprint density at radius 1 is 1.05 bits per heavy atom. The van der Waals surface area contributed by atoms with Gasteiger partial charge in [0.1, 0.15) is 5.82 Å². The first-order chi connectivity index (χ1) is 10.2. The van der Waals surface area contributed by atoms with Crippen LogP contribution in [0.5, 0.6) is 0 Å². The smallest absolute Gasteiger partial charge is 0.337 e. The van der Waals surface area contributed by atoms with Crippen molar-refractivity contribution in [2.24, 2.45) is 0 Å². The van der Waals surface area contributed by atoms with E-state index < -0.39 is 5.97 Å². The zero-order valence-corrected chi connectivity index (χ0v) is 11.3. The standard InChI is InChI=1S/C17H14N2O2/c20-17(21)14-8-9-16(19-11-14)18-10-13-6-3-5-12-4-1-2-7-15(12)13/h1-9,11H,10H2,(H,18,19)(H,20,21). The van der Waals surface area contributed by atoms with Gasteiger partial charge < -0.3 is 10.4 Å². The van der Waals surface area contributed by atoms with E-state index in [4.69, 9.17) is 5.11 Å². The lowest BCUT2D eigenvalue weighted by atomic mass is 10.0. The quantitative estimate of drug-likeness (QED) is 0.766. The maximum absolute atomic E-state index is 10.8. The third kappa shape index (κ3) is 2.84. The zero-order valence-electron chi connectivity index (χ0n) is 11.3. The van der Waals surface area contributed by atoms with Gasteiger partial charge in [-0.25, -0.2) is 9.78 Å². The molecule has 0 fully saturated rings. The van der Waals surface area contributed by atoms with Crippen LogP contribution < -0.4 is 5.32 Å². The molecule has 0 saturated carbocycles. The fourth-order valence-electron chi connectivity index (χ4n) is 2.26. The Kier molecular flexibility index (Phi) is 3.51. The van der Waals surface area contributed by atoms with E-state index >= 15 is 0 Å². The fourth-order valence-corrected chi connectivity index (χ4v) is 2.26. The number of carboxylic acids is 1. The molecule has 0 spiro atoms. The molecule has 3 aromatic rings. The molecule has 1 aromatic heterocycles. The number of carboxylic acid groups (broad SMARTS) is 1. The third-order valence-corrected chi connectivity index (χ3v) is 3.35. The summed E-state index contributed by atoms with van der Waals surface area (Å²) >= 11 is 0. The van der Waals surface area contributed by atoms with Crippen LogP contribution in [0.3, 0.4) is 0 Å². The maximum Gasteiger partial charge on any atom is 0.337 e. The second kappa shape index (κ2) is 5.63. The predicted molar refractivity (Wildman–Crippen MR) is 82.5 cm³/mol. The van der Waals surface area contributed by atoms with Crippen LogP contribution in [0.2, 0.25) is 0 Å². The average Bonchev–Trinajstić information content (AvgIpc) is 2.53. The van der Waals surface area contributed by atoms with Crippen molar-refractivity contribution in [1.82, 2.24) is 4.98 Å². The molecule has 0 aliphatic heterocycles. The number of hydrogen-bond donors (Lipinski definition) is 2. The number of nitrogens with zero attached hydrogens (tertiary/aromatic N) is 1. The molecule has 0 amide bonds. The van der Waals surface area contributed by atoms with Crippen molar-refractivity contribution in [3.8, 4) is 0 Å². The highest BCUT2D eigenvalue weighted by molar-refractivity contribution is 5.87. The summed E-state index contributed by atoms with van der Waals surface area (Å²) in [6.45, 7) is 0.640. The van der Waals surface area contributed by atoms with E-state index in [0.29, 0.717) is 12.4 Å². The molecular weight excluding hydrogens is 264 g/mol. The Morgan fingerprint density at radius 3 is 2.62 bits per heavy atom. The average molecular weight is 278 g/mol. The second-order valence-electron chi connectivity index (χ2n) is 4.73. The van der Waals surface area contributed by atoms with Crippen molar-refractivity contribution in [2.45, 2.75) is 6.54 Å². The van der Waals surface area contributed by atoms with Crippen LogP contribution >= 0.6 is 0 Å². The number of nitrogens with one attached hydrogen (secondary N) is 1. The van der Waals surface area contributed by atoms with Crippen LogP contribution in [0.15, 0.2) is 60.8 Å². The van der Waals surface area contributed by atoms with Gasteiger partial charge in [0.2, 0.25) is 0 Å². The largest absolute Gasteiger partial charge is 0.478 e. The minimum Gasteiger partial charge on any atom is -0.478 e. The number of benzene rings is 2. The predicted octanol–water partition coefficient (Wildman–Crippen LogP) is 3.55. The minimum absolute atomic E-state index is 0.186. The molecule has 0 aliphatic rings. The van der Waals surface area contributed by atoms with Gasteiger partial charge in [0.15, 0.2) is 0 Å². The van der Waals surface area contributed by atoms with Crippen LogP contribution in [0.25, 0.3) is 10.8 Å². The number of pyridine rings is 1. The van der Waals surface area contributed by atoms with Crippen molar-refractivity contribution < 1.29 is 9.90 Å². The summed E-state index contributed by atoms with van der Waals surface area (Å²) in [5, 5.41) is 14.5. The summed E-state index contributed by atoms with van der Waals surface area (Å²) in [6.07, 6.45) is 1.35. The highest BCUT2D eigenvalue weighted by Gasteiger charge is 2.04. The number of rotatable bonds is 4. The monoisotopic (exact) mass is 278 g/mol. The first-order valence-corrected chi connectivity index (χ1v) is 6.64. The van der Waals surface area contributed by atoms with Crippen LogP contribution in [0, 0.1) is 0 Å². The lowest BCUT2D eigenvalue weighted by Crippen LogP contribution is -2.03. The van der Waals surface area contributed by atoms with Gasteiger partial charge in [-0.2, -0.15) is 0 Å². The molecule has 0 unspecified atom stereocenters. The molecule has 2 N–H and O–H groups in total. The number of aromatic carboxylic acids is 1. The number of fused-ring (bicyclic) bond motifs is 1. The zero-order chi connectivity index (χ0) is 14.7. The highest BCUT2D eigenvalue weighted by Crippen LogP contribution is 2.19. The summed E-state index contributed by atoms with van der Waals surface area (Å²) in [7, 11) is 0. The molecule has 0 atom stereocenters. The van der Waals surface area contributed by atoms with Crippen molar-refractivity contribution in [2.75, 3.05) is 5.32 Å². The third-order valence-electron chi connectivity index (χ3n) is 3.35. The van der Waals surface area contributed by atoms with E-state index in [1.807, 2.05) is 18.2 Å². The Hall–Kier alpha value is -2.88. The Morgan fingerprint density at radius 2 is 1.86 bits per heavy atom. The van der Waals surface area contributed by atoms with E-state index in [1.165, 1.54) is 22.5 Å². The van der Waals surface area contributed by atoms with Crippen LogP contribution in [0.1, 0.15) is 15.9 Å². The first kappa shape index (κ1) is 13.1. The Labute approximate surface area is 122 Å². The molecule has 2 aromatic carbocycles. The Balaban J connectivity index is 1.79. The molecule has 0 bridgehead atoms. The highest BCUT2D eigenvalue weighted by atomic mass is 16.4. The van der Waals surface area contributed by atoms with Crippen molar-refractivity contribution >= 4 is 22.6 Å². The molecule has 4 heteroatoms. The number of carbonyl (C=O) groups is 1. The summed E-state index contributed by atoms with van der Waals surface area (Å²) in [5.41, 5.74) is 1.36. The lowest BCUT2D eigenvalue weighted by Gasteiger charge is -2.09. The second-order valence-corrected chi connectivity index (χ2v) is 4.73. The van der Waals surface area contributed by atoms with Crippen LogP contribution in [-0.4, -0.2) is 16.1 Å². The van der Waals surface area contributed by atoms with E-state index in [0.717, 1.165) is 0 Å². The van der Waals surface area contributed by atoms with Crippen LogP contribution in [-0.2, 0) is 6.54 Å². The van der Waals surface area contributed by atoms with Gasteiger partial charge in [0, 0.05) is 12.7 Å². The van der Waals surface area contributed by atoms with Crippen molar-refractivity contribution in [1.29, 1.82) is 0 Å². The van der Waals surface area contributed by atoms with Crippen LogP contribution in [0.4, 0.5) is 5.82 Å². The molecule has 4 nitrogen and oxygen atoms in total. The maximum atomic E-state index is 10.8. The molecule has 0 saturated heterocycles. The molecule has 1 heterocycles. The molecule has 3 rings (SSSR count). The van der Waals surface area contributed by atoms with E-state index in [-0.39, 0.29) is 5.56 Å². The molecule has 0 radical (unpaired) electrons. The summed E-state index contributed by atoms with van der Waals surface area (Å²) < 4.78 is 0. The molecule has 21 heavy (non-hydrogen) atoms. The topological polar surface area (TPSA) is 62.2 Å². The molecule has 0 aliphatic carbocycles. The van der Waals surface area contributed by atoms with E-state index in [9.17, 15) is 4.79 Å². The fraction of sp³-hybridized carbons (Fsp3) is 0.0588. The van der Waals surface area contributed by atoms with Gasteiger partial charge in [0.25, 0.3) is 0 Å². The van der Waals surface area contributed by atoms with Gasteiger partial charge in [-0.1, -0.05) is 42.5 Å². The molecule has 104 valence electrons. The summed E-state index contributed by atoms with van der Waals surface area (Å²) in [5.74, 6) is -0.309. The number of aromatic nitrogens is 1. The number of anilines is 1. The lowest BCUT2D eigenvalue weighted by molar-refractivity contribution is 0.0696. The normalized spacial score (nSPS) is 10.5. The van der Waals surface area contributed by atoms with Gasteiger partial charge in [0.05, 0.1) is 5.56 Å². The summed E-state index contributed by atoms with van der Waals surface area (Å²) in [6, 6.07) is 17.6. The minimum atomic E-state index is -0.969. The van der Waals surface area contributed by atoms with Gasteiger partial charge in [-0.05, 0) is 28.5 Å². The van der Waals surface area contributed by atoms with Crippen molar-refractivity contribution in [3.05, 3.63) is 71.9 Å². The molecular formula is C17H14N2O2. The Bertz CT molecular complexity index is 777. The van der Waals surface area contributed by atoms with E-state index in [2.05, 4.69) is 34.6 Å². The SMILES string of the molecule is O=C(O)c1ccc(NCc2cccc3ccccc23)nc1. The van der Waals surface area contributed by atoms with Gasteiger partial charge in [-0.15, -0.1) is 0 Å². The van der Waals surface area contributed by atoms with Crippen molar-refractivity contribution in [3.63, 3.8) is 0 Å². The first-order valence-electron chi connectivity index (χ1n) is 6.64. The van der Waals surface area contributed by atoms with Gasteiger partial charge >= 0.3 is 5.97 Å².